The summed E-state index contributed by atoms with van der Waals surface area (Å²) in [6.07, 6.45) is 11.0. The lowest BCUT2D eigenvalue weighted by molar-refractivity contribution is -0.132. The van der Waals surface area contributed by atoms with E-state index in [0.717, 1.165) is 16.9 Å². The molecule has 0 fully saturated rings. The first-order valence-electron chi connectivity index (χ1n) is 8.76. The Bertz CT molecular complexity index is 878. The van der Waals surface area contributed by atoms with Crippen molar-refractivity contribution < 1.29 is 14.3 Å². The summed E-state index contributed by atoms with van der Waals surface area (Å²) in [6.45, 7) is 0.481. The average Bonchev–Trinajstić information content (AvgIpc) is 2.70. The number of benzene rings is 2. The first-order valence-corrected chi connectivity index (χ1v) is 9.14. The molecule has 2 aromatic carbocycles. The lowest BCUT2D eigenvalue weighted by atomic mass is 10.1. The molecule has 0 aliphatic carbocycles. The molecule has 2 rings (SSSR count). The van der Waals surface area contributed by atoms with Crippen LogP contribution in [0.4, 0.5) is 0 Å². The zero-order chi connectivity index (χ0) is 20.4. The van der Waals surface area contributed by atoms with Crippen molar-refractivity contribution in [2.75, 3.05) is 20.3 Å². The Morgan fingerprint density at radius 1 is 1.18 bits per heavy atom. The standard InChI is InChI=1S/C23H22ClNO3/c1-4-6-18-8-7-17(16-21(18)27-3)13-14-25-23(26)22(28-15-5-2)19-9-11-20(24)12-10-19/h1-2,7-12,16,22H,6,13-15H2,3H3,(H,25,26). The molecule has 0 heterocycles. The summed E-state index contributed by atoms with van der Waals surface area (Å²) >= 11 is 5.91. The molecular weight excluding hydrogens is 374 g/mol. The zero-order valence-corrected chi connectivity index (χ0v) is 16.5. The smallest absolute Gasteiger partial charge is 0.253 e. The number of terminal acetylenes is 2. The highest BCUT2D eigenvalue weighted by atomic mass is 35.5. The Balaban J connectivity index is 1.99. The Morgan fingerprint density at radius 2 is 1.93 bits per heavy atom. The van der Waals surface area contributed by atoms with E-state index < -0.39 is 6.10 Å². The fourth-order valence-electron chi connectivity index (χ4n) is 2.72. The van der Waals surface area contributed by atoms with Gasteiger partial charge in [0.2, 0.25) is 0 Å². The maximum absolute atomic E-state index is 12.6. The minimum atomic E-state index is -0.791. The molecule has 0 bridgehead atoms. The van der Waals surface area contributed by atoms with E-state index in [2.05, 4.69) is 17.2 Å². The fraction of sp³-hybridized carbons (Fsp3) is 0.261. The lowest BCUT2D eigenvalue weighted by Gasteiger charge is -2.17. The quantitative estimate of drug-likeness (QED) is 0.660. The topological polar surface area (TPSA) is 47.6 Å². The molecule has 1 unspecified atom stereocenters. The van der Waals surface area contributed by atoms with Crippen LogP contribution in [0, 0.1) is 24.7 Å². The zero-order valence-electron chi connectivity index (χ0n) is 15.7. The van der Waals surface area contributed by atoms with Crippen molar-refractivity contribution >= 4 is 17.5 Å². The Morgan fingerprint density at radius 3 is 2.57 bits per heavy atom. The third-order valence-corrected chi connectivity index (χ3v) is 4.35. The average molecular weight is 396 g/mol. The second-order valence-electron chi connectivity index (χ2n) is 6.01. The van der Waals surface area contributed by atoms with Crippen LogP contribution in [0.25, 0.3) is 0 Å². The largest absolute Gasteiger partial charge is 0.496 e. The highest BCUT2D eigenvalue weighted by Crippen LogP contribution is 2.22. The fourth-order valence-corrected chi connectivity index (χ4v) is 2.84. The minimum absolute atomic E-state index is 0.0363. The van der Waals surface area contributed by atoms with Gasteiger partial charge < -0.3 is 14.8 Å². The lowest BCUT2D eigenvalue weighted by Crippen LogP contribution is -2.32. The van der Waals surface area contributed by atoms with Gasteiger partial charge in [0.1, 0.15) is 12.4 Å². The summed E-state index contributed by atoms with van der Waals surface area (Å²) < 4.78 is 10.9. The van der Waals surface area contributed by atoms with E-state index in [9.17, 15) is 4.79 Å². The number of methoxy groups -OCH3 is 1. The SMILES string of the molecule is C#CCOC(C(=O)NCCc1ccc(CC#C)c(OC)c1)c1ccc(Cl)cc1. The maximum Gasteiger partial charge on any atom is 0.253 e. The predicted molar refractivity (Wildman–Crippen MR) is 111 cm³/mol. The summed E-state index contributed by atoms with van der Waals surface area (Å²) in [4.78, 5) is 12.6. The number of hydrogen-bond acceptors (Lipinski definition) is 3. The number of hydrogen-bond donors (Lipinski definition) is 1. The van der Waals surface area contributed by atoms with E-state index in [-0.39, 0.29) is 12.5 Å². The molecule has 5 heteroatoms. The molecule has 28 heavy (non-hydrogen) atoms. The van der Waals surface area contributed by atoms with Gasteiger partial charge in [-0.05, 0) is 35.7 Å². The highest BCUT2D eigenvalue weighted by molar-refractivity contribution is 6.30. The van der Waals surface area contributed by atoms with E-state index >= 15 is 0 Å². The molecule has 0 spiro atoms. The second kappa shape index (κ2) is 11.0. The van der Waals surface area contributed by atoms with Gasteiger partial charge in [-0.3, -0.25) is 4.79 Å². The van der Waals surface area contributed by atoms with Crippen molar-refractivity contribution in [2.45, 2.75) is 18.9 Å². The second-order valence-corrected chi connectivity index (χ2v) is 6.45. The highest BCUT2D eigenvalue weighted by Gasteiger charge is 2.20. The Kier molecular flexibility index (Phi) is 8.43. The predicted octanol–water partition coefficient (Wildman–Crippen LogP) is 3.57. The van der Waals surface area contributed by atoms with Crippen molar-refractivity contribution in [2.24, 2.45) is 0 Å². The molecule has 0 aromatic heterocycles. The van der Waals surface area contributed by atoms with Crippen molar-refractivity contribution in [3.8, 4) is 30.4 Å². The minimum Gasteiger partial charge on any atom is -0.496 e. The van der Waals surface area contributed by atoms with Crippen molar-refractivity contribution in [1.82, 2.24) is 5.32 Å². The molecule has 144 valence electrons. The molecule has 1 amide bonds. The van der Waals surface area contributed by atoms with Gasteiger partial charge in [-0.25, -0.2) is 0 Å². The maximum atomic E-state index is 12.6. The van der Waals surface area contributed by atoms with Crippen LogP contribution in [0.1, 0.15) is 22.8 Å². The molecule has 0 aliphatic rings. The molecule has 0 aliphatic heterocycles. The summed E-state index contributed by atoms with van der Waals surface area (Å²) in [6, 6.07) is 12.8. The van der Waals surface area contributed by atoms with E-state index in [1.165, 1.54) is 0 Å². The molecule has 2 aromatic rings. The summed E-state index contributed by atoms with van der Waals surface area (Å²) in [5, 5.41) is 3.48. The third kappa shape index (κ3) is 6.06. The number of rotatable bonds is 9. The molecule has 1 atom stereocenters. The molecule has 0 radical (unpaired) electrons. The van der Waals surface area contributed by atoms with E-state index in [4.69, 9.17) is 33.9 Å². The molecule has 0 saturated carbocycles. The number of carbonyl (C=O) groups is 1. The van der Waals surface area contributed by atoms with Crippen molar-refractivity contribution in [3.05, 3.63) is 64.2 Å². The summed E-state index contributed by atoms with van der Waals surface area (Å²) in [5.74, 6) is 5.49. The van der Waals surface area contributed by atoms with Gasteiger partial charge in [-0.1, -0.05) is 41.8 Å². The van der Waals surface area contributed by atoms with E-state index in [1.54, 1.807) is 31.4 Å². The number of amides is 1. The van der Waals surface area contributed by atoms with Crippen LogP contribution < -0.4 is 10.1 Å². The van der Waals surface area contributed by atoms with Crippen LogP contribution in [0.2, 0.25) is 5.02 Å². The van der Waals surface area contributed by atoms with Gasteiger partial charge in [-0.15, -0.1) is 18.8 Å². The Hall–Kier alpha value is -2.92. The number of halogens is 1. The monoisotopic (exact) mass is 395 g/mol. The van der Waals surface area contributed by atoms with Gasteiger partial charge >= 0.3 is 0 Å². The molecule has 0 saturated heterocycles. The first-order chi connectivity index (χ1) is 13.6. The van der Waals surface area contributed by atoms with Crippen LogP contribution in [0.5, 0.6) is 5.75 Å². The van der Waals surface area contributed by atoms with Crippen LogP contribution in [-0.2, 0) is 22.4 Å². The van der Waals surface area contributed by atoms with Crippen LogP contribution in [0.15, 0.2) is 42.5 Å². The van der Waals surface area contributed by atoms with Crippen LogP contribution >= 0.6 is 11.6 Å². The van der Waals surface area contributed by atoms with Gasteiger partial charge in [0.05, 0.1) is 7.11 Å². The normalized spacial score (nSPS) is 11.1. The van der Waals surface area contributed by atoms with Gasteiger partial charge in [0.15, 0.2) is 6.10 Å². The van der Waals surface area contributed by atoms with Crippen molar-refractivity contribution in [1.29, 1.82) is 0 Å². The van der Waals surface area contributed by atoms with Crippen LogP contribution in [0.3, 0.4) is 0 Å². The van der Waals surface area contributed by atoms with Crippen molar-refractivity contribution in [3.63, 3.8) is 0 Å². The van der Waals surface area contributed by atoms with Gasteiger partial charge in [0, 0.05) is 23.6 Å². The number of carbonyl (C=O) groups excluding carboxylic acids is 1. The van der Waals surface area contributed by atoms with Gasteiger partial charge in [0.25, 0.3) is 5.91 Å². The Labute approximate surface area is 171 Å². The van der Waals surface area contributed by atoms with Crippen LogP contribution in [-0.4, -0.2) is 26.2 Å². The first kappa shape index (κ1) is 21.4. The summed E-state index contributed by atoms with van der Waals surface area (Å²) in [5.41, 5.74) is 2.69. The summed E-state index contributed by atoms with van der Waals surface area (Å²) in [7, 11) is 1.61. The number of ether oxygens (including phenoxy) is 2. The van der Waals surface area contributed by atoms with E-state index in [0.29, 0.717) is 30.0 Å². The molecule has 4 nitrogen and oxygen atoms in total. The third-order valence-electron chi connectivity index (χ3n) is 4.10. The molecular formula is C23H22ClNO3. The van der Waals surface area contributed by atoms with E-state index in [1.807, 2.05) is 18.2 Å². The molecule has 1 N–H and O–H groups in total. The van der Waals surface area contributed by atoms with Gasteiger partial charge in [-0.2, -0.15) is 0 Å². The number of nitrogens with one attached hydrogen (secondary N) is 1.